The zero-order valence-electron chi connectivity index (χ0n) is 13.3. The summed E-state index contributed by atoms with van der Waals surface area (Å²) in [5.41, 5.74) is 5.81. The molecule has 1 rings (SSSR count). The van der Waals surface area contributed by atoms with Crippen LogP contribution in [-0.2, 0) is 9.59 Å². The van der Waals surface area contributed by atoms with Gasteiger partial charge in [0.05, 0.1) is 12.6 Å². The monoisotopic (exact) mass is 349 g/mol. The van der Waals surface area contributed by atoms with Gasteiger partial charge in [-0.05, 0) is 18.1 Å². The molecule has 0 saturated heterocycles. The van der Waals surface area contributed by atoms with Crippen LogP contribution < -0.4 is 11.1 Å². The number of hydrogen-bond acceptors (Lipinski definition) is 3. The van der Waals surface area contributed by atoms with Crippen LogP contribution in [0.1, 0.15) is 20.3 Å². The molecule has 2 amide bonds. The second-order valence-corrected chi connectivity index (χ2v) is 5.31. The van der Waals surface area contributed by atoms with Gasteiger partial charge in [0.2, 0.25) is 11.8 Å². The SMILES string of the molecule is CCC(C)C(N)C(=O)N(C)CC(=O)Nc1cc(F)cc(F)c1.Cl. The van der Waals surface area contributed by atoms with Crippen molar-refractivity contribution in [2.45, 2.75) is 26.3 Å². The Morgan fingerprint density at radius 1 is 1.26 bits per heavy atom. The number of hydrogen-bond donors (Lipinski definition) is 2. The molecule has 5 nitrogen and oxygen atoms in total. The molecule has 2 atom stereocenters. The molecular weight excluding hydrogens is 328 g/mol. The van der Waals surface area contributed by atoms with Gasteiger partial charge in [-0.1, -0.05) is 20.3 Å². The maximum atomic E-state index is 13.0. The normalized spacial score (nSPS) is 12.8. The minimum absolute atomic E-state index is 0. The number of likely N-dealkylation sites (N-methyl/N-ethyl adjacent to an activating group) is 1. The van der Waals surface area contributed by atoms with E-state index in [1.807, 2.05) is 13.8 Å². The van der Waals surface area contributed by atoms with Gasteiger partial charge in [0.15, 0.2) is 0 Å². The molecule has 0 spiro atoms. The fourth-order valence-electron chi connectivity index (χ4n) is 1.87. The molecule has 2 unspecified atom stereocenters. The van der Waals surface area contributed by atoms with Gasteiger partial charge in [0.25, 0.3) is 0 Å². The lowest BCUT2D eigenvalue weighted by Gasteiger charge is -2.24. The van der Waals surface area contributed by atoms with Crippen molar-refractivity contribution in [2.75, 3.05) is 18.9 Å². The van der Waals surface area contributed by atoms with Crippen molar-refractivity contribution in [1.29, 1.82) is 0 Å². The molecule has 8 heteroatoms. The maximum absolute atomic E-state index is 13.0. The number of nitrogens with one attached hydrogen (secondary N) is 1. The van der Waals surface area contributed by atoms with Crippen LogP contribution in [0.25, 0.3) is 0 Å². The molecule has 1 aromatic carbocycles. The lowest BCUT2D eigenvalue weighted by Crippen LogP contribution is -2.47. The molecule has 0 fully saturated rings. The summed E-state index contributed by atoms with van der Waals surface area (Å²) in [6, 6.07) is 2.01. The molecule has 0 heterocycles. The van der Waals surface area contributed by atoms with E-state index in [0.29, 0.717) is 6.07 Å². The van der Waals surface area contributed by atoms with Crippen LogP contribution in [0.3, 0.4) is 0 Å². The largest absolute Gasteiger partial charge is 0.335 e. The summed E-state index contributed by atoms with van der Waals surface area (Å²) in [5.74, 6) is -2.50. The van der Waals surface area contributed by atoms with E-state index in [9.17, 15) is 18.4 Å². The lowest BCUT2D eigenvalue weighted by molar-refractivity contribution is -0.135. The standard InChI is InChI=1S/C15H21F2N3O2.ClH/c1-4-9(2)14(18)15(22)20(3)8-13(21)19-12-6-10(16)5-11(17)7-12;/h5-7,9,14H,4,8,18H2,1-3H3,(H,19,21);1H. The van der Waals surface area contributed by atoms with E-state index >= 15 is 0 Å². The van der Waals surface area contributed by atoms with Crippen LogP contribution >= 0.6 is 12.4 Å². The predicted octanol–water partition coefficient (Wildman–Crippen LogP) is 2.16. The first-order valence-electron chi connectivity index (χ1n) is 7.01. The third-order valence-electron chi connectivity index (χ3n) is 3.45. The Hall–Kier alpha value is -1.73. The number of anilines is 1. The fourth-order valence-corrected chi connectivity index (χ4v) is 1.87. The number of amides is 2. The van der Waals surface area contributed by atoms with Crippen molar-refractivity contribution in [3.05, 3.63) is 29.8 Å². The average molecular weight is 350 g/mol. The summed E-state index contributed by atoms with van der Waals surface area (Å²) in [6.07, 6.45) is 0.746. The van der Waals surface area contributed by atoms with Crippen LogP contribution in [-0.4, -0.2) is 36.3 Å². The van der Waals surface area contributed by atoms with Gasteiger partial charge in [-0.3, -0.25) is 9.59 Å². The lowest BCUT2D eigenvalue weighted by atomic mass is 9.99. The molecule has 0 saturated carbocycles. The minimum atomic E-state index is -0.793. The number of benzene rings is 1. The highest BCUT2D eigenvalue weighted by Crippen LogP contribution is 2.13. The highest BCUT2D eigenvalue weighted by Gasteiger charge is 2.24. The van der Waals surface area contributed by atoms with E-state index in [4.69, 9.17) is 5.73 Å². The third-order valence-corrected chi connectivity index (χ3v) is 3.45. The summed E-state index contributed by atoms with van der Waals surface area (Å²) in [7, 11) is 1.45. The average Bonchev–Trinajstić information content (AvgIpc) is 2.43. The number of rotatable bonds is 6. The zero-order chi connectivity index (χ0) is 16.9. The molecule has 1 aromatic rings. The molecule has 0 aliphatic rings. The van der Waals surface area contributed by atoms with E-state index < -0.39 is 23.6 Å². The molecule has 0 aromatic heterocycles. The first kappa shape index (κ1) is 21.3. The van der Waals surface area contributed by atoms with E-state index in [-0.39, 0.29) is 36.5 Å². The summed E-state index contributed by atoms with van der Waals surface area (Å²) >= 11 is 0. The van der Waals surface area contributed by atoms with Crippen LogP contribution in [0.4, 0.5) is 14.5 Å². The van der Waals surface area contributed by atoms with Gasteiger partial charge >= 0.3 is 0 Å². The Morgan fingerprint density at radius 2 is 1.78 bits per heavy atom. The molecule has 0 aliphatic heterocycles. The fraction of sp³-hybridized carbons (Fsp3) is 0.467. The number of nitrogens with zero attached hydrogens (tertiary/aromatic N) is 1. The van der Waals surface area contributed by atoms with Gasteiger partial charge in [0.1, 0.15) is 11.6 Å². The second-order valence-electron chi connectivity index (χ2n) is 5.31. The Kier molecular flexibility index (Phi) is 8.71. The van der Waals surface area contributed by atoms with Crippen LogP contribution in [0, 0.1) is 17.6 Å². The zero-order valence-corrected chi connectivity index (χ0v) is 14.1. The van der Waals surface area contributed by atoms with E-state index in [2.05, 4.69) is 5.32 Å². The van der Waals surface area contributed by atoms with Gasteiger partial charge in [-0.25, -0.2) is 8.78 Å². The van der Waals surface area contributed by atoms with Gasteiger partial charge in [0, 0.05) is 18.8 Å². The highest BCUT2D eigenvalue weighted by molar-refractivity contribution is 5.95. The number of carbonyl (C=O) groups excluding carboxylic acids is 2. The van der Waals surface area contributed by atoms with Crippen molar-refractivity contribution < 1.29 is 18.4 Å². The molecule has 23 heavy (non-hydrogen) atoms. The van der Waals surface area contributed by atoms with Crippen LogP contribution in [0.15, 0.2) is 18.2 Å². The van der Waals surface area contributed by atoms with Gasteiger partial charge in [-0.15, -0.1) is 12.4 Å². The Bertz CT molecular complexity index is 537. The second kappa shape index (κ2) is 9.42. The topological polar surface area (TPSA) is 75.4 Å². The third kappa shape index (κ3) is 6.50. The van der Waals surface area contributed by atoms with Crippen LogP contribution in [0.2, 0.25) is 0 Å². The van der Waals surface area contributed by atoms with Crippen molar-refractivity contribution in [1.82, 2.24) is 4.90 Å². The molecule has 0 aliphatic carbocycles. The Labute approximate surface area is 140 Å². The van der Waals surface area contributed by atoms with E-state index in [1.165, 1.54) is 11.9 Å². The van der Waals surface area contributed by atoms with Gasteiger partial charge < -0.3 is 16.0 Å². The van der Waals surface area contributed by atoms with Crippen molar-refractivity contribution in [3.8, 4) is 0 Å². The Morgan fingerprint density at radius 3 is 2.26 bits per heavy atom. The first-order valence-corrected chi connectivity index (χ1v) is 7.01. The molecule has 0 radical (unpaired) electrons. The van der Waals surface area contributed by atoms with E-state index in [1.54, 1.807) is 0 Å². The number of nitrogens with two attached hydrogens (primary N) is 1. The maximum Gasteiger partial charge on any atom is 0.243 e. The molecular formula is C15H22ClF2N3O2. The summed E-state index contributed by atoms with van der Waals surface area (Å²) in [6.45, 7) is 3.52. The summed E-state index contributed by atoms with van der Waals surface area (Å²) in [5, 5.41) is 2.34. The van der Waals surface area contributed by atoms with Gasteiger partial charge in [-0.2, -0.15) is 0 Å². The molecule has 130 valence electrons. The minimum Gasteiger partial charge on any atom is -0.335 e. The number of carbonyl (C=O) groups is 2. The smallest absolute Gasteiger partial charge is 0.243 e. The molecule has 0 bridgehead atoms. The predicted molar refractivity (Wildman–Crippen MR) is 87.3 cm³/mol. The van der Waals surface area contributed by atoms with E-state index in [0.717, 1.165) is 18.6 Å². The first-order chi connectivity index (χ1) is 10.2. The van der Waals surface area contributed by atoms with Crippen molar-refractivity contribution in [2.24, 2.45) is 11.7 Å². The molecule has 3 N–H and O–H groups in total. The quantitative estimate of drug-likeness (QED) is 0.826. The number of halogens is 3. The van der Waals surface area contributed by atoms with Crippen LogP contribution in [0.5, 0.6) is 0 Å². The Balaban J connectivity index is 0.00000484. The van der Waals surface area contributed by atoms with Crippen molar-refractivity contribution >= 4 is 29.9 Å². The summed E-state index contributed by atoms with van der Waals surface area (Å²) < 4.78 is 26.1. The highest BCUT2D eigenvalue weighted by atomic mass is 35.5. The summed E-state index contributed by atoms with van der Waals surface area (Å²) in [4.78, 5) is 25.1. The van der Waals surface area contributed by atoms with Crippen molar-refractivity contribution in [3.63, 3.8) is 0 Å².